The van der Waals surface area contributed by atoms with Crippen LogP contribution < -0.4 is 21.3 Å². The number of amides is 2. The third kappa shape index (κ3) is 7.46. The topological polar surface area (TPSA) is 165 Å². The second kappa shape index (κ2) is 11.4. The number of rotatable bonds is 8. The minimum Gasteiger partial charge on any atom is -0.506 e. The second-order valence-corrected chi connectivity index (χ2v) is 9.84. The van der Waals surface area contributed by atoms with E-state index in [2.05, 4.69) is 45.1 Å². The fourth-order valence-corrected chi connectivity index (χ4v) is 3.86. The Morgan fingerprint density at radius 1 is 1.19 bits per heavy atom. The molecular weight excluding hydrogens is 511 g/mol. The predicted molar refractivity (Wildman–Crippen MR) is 136 cm³/mol. The van der Waals surface area contributed by atoms with Crippen LogP contribution in [-0.2, 0) is 9.59 Å². The molecule has 0 spiro atoms. The van der Waals surface area contributed by atoms with E-state index in [1.165, 1.54) is 24.5 Å². The van der Waals surface area contributed by atoms with Gasteiger partial charge in [-0.25, -0.2) is 0 Å². The van der Waals surface area contributed by atoms with Gasteiger partial charge in [-0.3, -0.25) is 24.4 Å². The number of pyridine rings is 1. The normalized spacial score (nSPS) is 15.2. The number of aromatic hydroxyl groups is 1. The number of phenolic OH excluding ortho intramolecular Hbond substituents is 1. The van der Waals surface area contributed by atoms with Crippen molar-refractivity contribution in [3.05, 3.63) is 51.8 Å². The number of carboxylic acid groups (broad SMARTS) is 1. The Bertz CT molecular complexity index is 1200. The zero-order valence-electron chi connectivity index (χ0n) is 19.6. The first-order valence-corrected chi connectivity index (χ1v) is 11.7. The Morgan fingerprint density at radius 3 is 2.61 bits per heavy atom. The summed E-state index contributed by atoms with van der Waals surface area (Å²) < 4.78 is 0. The van der Waals surface area contributed by atoms with Crippen molar-refractivity contribution in [1.29, 1.82) is 0 Å². The SMILES string of the molecule is CC1(C)CN=C(Nc2cncc(C(=O)NCC(=O)NC(CC(=O)O)c3cc(Cl)cc(Cl)c3O)c2)NC1. The van der Waals surface area contributed by atoms with E-state index in [0.717, 1.165) is 6.54 Å². The van der Waals surface area contributed by atoms with Gasteiger partial charge in [0.05, 0.1) is 41.5 Å². The van der Waals surface area contributed by atoms with Crippen molar-refractivity contribution in [3.63, 3.8) is 0 Å². The molecule has 0 bridgehead atoms. The molecule has 1 unspecified atom stereocenters. The van der Waals surface area contributed by atoms with Gasteiger partial charge < -0.3 is 31.5 Å². The number of aromatic nitrogens is 1. The minimum atomic E-state index is -1.23. The van der Waals surface area contributed by atoms with Crippen LogP contribution in [0.5, 0.6) is 5.75 Å². The number of guanidine groups is 1. The number of aliphatic imine (C=N–C) groups is 1. The number of nitrogens with zero attached hydrogens (tertiary/aromatic N) is 2. The van der Waals surface area contributed by atoms with Crippen LogP contribution in [0.1, 0.15) is 42.2 Å². The van der Waals surface area contributed by atoms with Gasteiger partial charge in [0, 0.05) is 35.3 Å². The molecule has 0 fully saturated rings. The number of hydrogen-bond donors (Lipinski definition) is 6. The number of benzene rings is 1. The molecule has 1 aromatic carbocycles. The van der Waals surface area contributed by atoms with E-state index in [1.807, 2.05) is 0 Å². The van der Waals surface area contributed by atoms with Gasteiger partial charge in [0.15, 0.2) is 5.96 Å². The summed E-state index contributed by atoms with van der Waals surface area (Å²) in [4.78, 5) is 44.9. The maximum Gasteiger partial charge on any atom is 0.305 e. The molecule has 36 heavy (non-hydrogen) atoms. The van der Waals surface area contributed by atoms with Crippen LogP contribution in [0.25, 0.3) is 0 Å². The van der Waals surface area contributed by atoms with Crippen LogP contribution in [0, 0.1) is 5.41 Å². The zero-order chi connectivity index (χ0) is 26.5. The molecule has 3 rings (SSSR count). The van der Waals surface area contributed by atoms with Gasteiger partial charge in [-0.1, -0.05) is 37.0 Å². The van der Waals surface area contributed by atoms with Crippen molar-refractivity contribution in [2.75, 3.05) is 25.0 Å². The molecule has 0 aliphatic carbocycles. The Morgan fingerprint density at radius 2 is 1.94 bits per heavy atom. The standard InChI is InChI=1S/C23H26Cl2N6O5/c1-23(2)10-28-22(29-11-23)30-14-3-12(7-26-8-14)21(36)27-9-18(32)31-17(6-19(33)34)15-4-13(24)5-16(25)20(15)35/h3-5,7-8,17,35H,6,9-11H2,1-2H3,(H,27,36)(H,31,32)(H,33,34)(H2,28,29,30). The highest BCUT2D eigenvalue weighted by molar-refractivity contribution is 6.35. The molecule has 2 aromatic rings. The molecule has 1 aromatic heterocycles. The number of hydrogen-bond acceptors (Lipinski definition) is 8. The molecule has 1 aliphatic heterocycles. The third-order valence-corrected chi connectivity index (χ3v) is 5.73. The number of halogens is 2. The van der Waals surface area contributed by atoms with Crippen LogP contribution in [0.4, 0.5) is 5.69 Å². The van der Waals surface area contributed by atoms with E-state index in [4.69, 9.17) is 23.2 Å². The predicted octanol–water partition coefficient (Wildman–Crippen LogP) is 2.55. The summed E-state index contributed by atoms with van der Waals surface area (Å²) in [6.07, 6.45) is 2.33. The van der Waals surface area contributed by atoms with Gasteiger partial charge in [-0.2, -0.15) is 0 Å². The van der Waals surface area contributed by atoms with Gasteiger partial charge in [-0.05, 0) is 18.2 Å². The van der Waals surface area contributed by atoms with E-state index < -0.39 is 42.5 Å². The molecular formula is C23H26Cl2N6O5. The van der Waals surface area contributed by atoms with Gasteiger partial charge >= 0.3 is 5.97 Å². The van der Waals surface area contributed by atoms with Crippen molar-refractivity contribution in [2.45, 2.75) is 26.3 Å². The molecule has 0 saturated carbocycles. The largest absolute Gasteiger partial charge is 0.506 e. The Hall–Kier alpha value is -3.57. The Balaban J connectivity index is 1.62. The quantitative estimate of drug-likeness (QED) is 0.299. The molecule has 13 heteroatoms. The van der Waals surface area contributed by atoms with Gasteiger partial charge in [0.1, 0.15) is 5.75 Å². The maximum atomic E-state index is 12.6. The smallest absolute Gasteiger partial charge is 0.305 e. The third-order valence-electron chi connectivity index (χ3n) is 5.22. The summed E-state index contributed by atoms with van der Waals surface area (Å²) in [7, 11) is 0. The van der Waals surface area contributed by atoms with Crippen LogP contribution in [-0.4, -0.2) is 58.6 Å². The van der Waals surface area contributed by atoms with E-state index in [1.54, 1.807) is 6.07 Å². The Labute approximate surface area is 217 Å². The lowest BCUT2D eigenvalue weighted by atomic mass is 9.93. The maximum absolute atomic E-state index is 12.6. The average molecular weight is 537 g/mol. The molecule has 6 N–H and O–H groups in total. The first-order chi connectivity index (χ1) is 16.9. The summed E-state index contributed by atoms with van der Waals surface area (Å²) in [5.41, 5.74) is 0.825. The monoisotopic (exact) mass is 536 g/mol. The molecule has 192 valence electrons. The van der Waals surface area contributed by atoms with Crippen LogP contribution in [0.3, 0.4) is 0 Å². The lowest BCUT2D eigenvalue weighted by molar-refractivity contribution is -0.137. The lowest BCUT2D eigenvalue weighted by Crippen LogP contribution is -2.44. The fraction of sp³-hybridized carbons (Fsp3) is 0.348. The molecule has 1 aliphatic rings. The van der Waals surface area contributed by atoms with Crippen molar-refractivity contribution in [2.24, 2.45) is 10.4 Å². The summed E-state index contributed by atoms with van der Waals surface area (Å²) in [5, 5.41) is 30.7. The molecule has 2 amide bonds. The highest BCUT2D eigenvalue weighted by Gasteiger charge is 2.24. The van der Waals surface area contributed by atoms with Crippen molar-refractivity contribution in [1.82, 2.24) is 20.9 Å². The Kier molecular flexibility index (Phi) is 8.59. The summed E-state index contributed by atoms with van der Waals surface area (Å²) in [6, 6.07) is 3.03. The molecule has 0 saturated heterocycles. The zero-order valence-corrected chi connectivity index (χ0v) is 21.1. The van der Waals surface area contributed by atoms with Crippen LogP contribution in [0.15, 0.2) is 35.6 Å². The molecule has 2 heterocycles. The minimum absolute atomic E-state index is 0.0418. The number of carbonyl (C=O) groups excluding carboxylic acids is 2. The average Bonchev–Trinajstić information content (AvgIpc) is 2.80. The highest BCUT2D eigenvalue weighted by atomic mass is 35.5. The number of nitrogens with one attached hydrogen (secondary N) is 4. The van der Waals surface area contributed by atoms with E-state index in [0.29, 0.717) is 18.2 Å². The van der Waals surface area contributed by atoms with E-state index >= 15 is 0 Å². The van der Waals surface area contributed by atoms with Gasteiger partial charge in [0.2, 0.25) is 5.91 Å². The van der Waals surface area contributed by atoms with E-state index in [9.17, 15) is 24.6 Å². The molecule has 11 nitrogen and oxygen atoms in total. The highest BCUT2D eigenvalue weighted by Crippen LogP contribution is 2.36. The van der Waals surface area contributed by atoms with Gasteiger partial charge in [-0.15, -0.1) is 0 Å². The molecule has 0 radical (unpaired) electrons. The van der Waals surface area contributed by atoms with Gasteiger partial charge in [0.25, 0.3) is 5.91 Å². The van der Waals surface area contributed by atoms with Crippen molar-refractivity contribution < 1.29 is 24.6 Å². The van der Waals surface area contributed by atoms with E-state index in [-0.39, 0.29) is 26.6 Å². The number of phenols is 1. The number of carboxylic acids is 1. The first kappa shape index (κ1) is 27.0. The van der Waals surface area contributed by atoms with Crippen LogP contribution in [0.2, 0.25) is 10.0 Å². The summed E-state index contributed by atoms with van der Waals surface area (Å²) >= 11 is 11.9. The number of aliphatic carboxylic acids is 1. The number of anilines is 1. The fourth-order valence-electron chi connectivity index (χ4n) is 3.35. The lowest BCUT2D eigenvalue weighted by Gasteiger charge is -2.29. The van der Waals surface area contributed by atoms with Crippen molar-refractivity contribution >= 4 is 52.6 Å². The summed E-state index contributed by atoms with van der Waals surface area (Å²) in [6.45, 7) is 5.13. The summed E-state index contributed by atoms with van der Waals surface area (Å²) in [5.74, 6) is -2.30. The van der Waals surface area contributed by atoms with Crippen LogP contribution >= 0.6 is 23.2 Å². The van der Waals surface area contributed by atoms with Crippen molar-refractivity contribution in [3.8, 4) is 5.75 Å². The molecule has 1 atom stereocenters. The first-order valence-electron chi connectivity index (χ1n) is 10.9. The number of carbonyl (C=O) groups is 3. The second-order valence-electron chi connectivity index (χ2n) is 9.00.